The molecule has 0 atom stereocenters. The molecule has 1 heterocycles. The van der Waals surface area contributed by atoms with Crippen molar-refractivity contribution in [2.24, 2.45) is 0 Å². The third-order valence-electron chi connectivity index (χ3n) is 3.25. The highest BCUT2D eigenvalue weighted by Crippen LogP contribution is 2.38. The van der Waals surface area contributed by atoms with Gasteiger partial charge in [0, 0.05) is 11.1 Å². The predicted molar refractivity (Wildman–Crippen MR) is 80.6 cm³/mol. The summed E-state index contributed by atoms with van der Waals surface area (Å²) in [5.41, 5.74) is 1.28. The van der Waals surface area contributed by atoms with E-state index >= 15 is 0 Å². The fraction of sp³-hybridized carbons (Fsp3) is 0.0625. The molecule has 0 saturated heterocycles. The average molecular weight is 296 g/mol. The first-order chi connectivity index (χ1) is 10.7. The van der Waals surface area contributed by atoms with E-state index in [0.29, 0.717) is 16.9 Å². The number of ether oxygens (including phenoxy) is 1. The summed E-state index contributed by atoms with van der Waals surface area (Å²) in [6, 6.07) is 15.7. The lowest BCUT2D eigenvalue weighted by atomic mass is 10.1. The lowest BCUT2D eigenvalue weighted by molar-refractivity contribution is -0.383. The Morgan fingerprint density at radius 1 is 1.05 bits per heavy atom. The Kier molecular flexibility index (Phi) is 3.57. The molecule has 0 N–H and O–H groups in total. The Morgan fingerprint density at radius 2 is 1.73 bits per heavy atom. The molecular weight excluding hydrogens is 284 g/mol. The van der Waals surface area contributed by atoms with E-state index in [0.717, 1.165) is 0 Å². The van der Waals surface area contributed by atoms with E-state index in [2.05, 4.69) is 5.16 Å². The van der Waals surface area contributed by atoms with Crippen LogP contribution in [-0.2, 0) is 0 Å². The first-order valence-electron chi connectivity index (χ1n) is 6.54. The third kappa shape index (κ3) is 2.42. The molecule has 0 aliphatic rings. The maximum Gasteiger partial charge on any atom is 0.344 e. The summed E-state index contributed by atoms with van der Waals surface area (Å²) in [6.07, 6.45) is 0. The van der Waals surface area contributed by atoms with Gasteiger partial charge in [0.15, 0.2) is 5.69 Å². The topological polar surface area (TPSA) is 78.4 Å². The van der Waals surface area contributed by atoms with Gasteiger partial charge in [-0.3, -0.25) is 10.1 Å². The van der Waals surface area contributed by atoms with Crippen LogP contribution in [0.4, 0.5) is 5.69 Å². The van der Waals surface area contributed by atoms with Gasteiger partial charge in [-0.05, 0) is 24.3 Å². The van der Waals surface area contributed by atoms with E-state index in [9.17, 15) is 10.1 Å². The molecule has 6 nitrogen and oxygen atoms in total. The van der Waals surface area contributed by atoms with Gasteiger partial charge in [-0.1, -0.05) is 35.5 Å². The molecule has 0 aliphatic heterocycles. The lowest BCUT2D eigenvalue weighted by Gasteiger charge is -2.00. The second-order valence-electron chi connectivity index (χ2n) is 4.56. The summed E-state index contributed by atoms with van der Waals surface area (Å²) in [6.45, 7) is 0. The van der Waals surface area contributed by atoms with E-state index < -0.39 is 4.92 Å². The summed E-state index contributed by atoms with van der Waals surface area (Å²) in [7, 11) is 1.55. The monoisotopic (exact) mass is 296 g/mol. The van der Waals surface area contributed by atoms with Crippen LogP contribution in [0, 0.1) is 10.1 Å². The highest BCUT2D eigenvalue weighted by atomic mass is 16.6. The molecule has 110 valence electrons. The SMILES string of the molecule is COc1ccc(-c2onc(-c3ccccc3)c2[N+](=O)[O-])cc1. The van der Waals surface area contributed by atoms with Crippen molar-refractivity contribution in [1.82, 2.24) is 5.16 Å². The molecule has 3 rings (SSSR count). The molecule has 0 fully saturated rings. The minimum atomic E-state index is -0.474. The van der Waals surface area contributed by atoms with Crippen LogP contribution in [0.5, 0.6) is 5.75 Å². The largest absolute Gasteiger partial charge is 0.497 e. The number of methoxy groups -OCH3 is 1. The predicted octanol–water partition coefficient (Wildman–Crippen LogP) is 3.93. The minimum Gasteiger partial charge on any atom is -0.497 e. The quantitative estimate of drug-likeness (QED) is 0.538. The lowest BCUT2D eigenvalue weighted by Crippen LogP contribution is -1.92. The summed E-state index contributed by atoms with van der Waals surface area (Å²) >= 11 is 0. The Morgan fingerprint density at radius 3 is 2.32 bits per heavy atom. The van der Waals surface area contributed by atoms with E-state index in [-0.39, 0.29) is 17.1 Å². The number of hydrogen-bond acceptors (Lipinski definition) is 5. The summed E-state index contributed by atoms with van der Waals surface area (Å²) in [4.78, 5) is 11.0. The summed E-state index contributed by atoms with van der Waals surface area (Å²) in [5, 5.41) is 15.3. The normalized spacial score (nSPS) is 10.4. The molecule has 2 aromatic carbocycles. The molecule has 0 aliphatic carbocycles. The molecule has 22 heavy (non-hydrogen) atoms. The maximum absolute atomic E-state index is 11.5. The van der Waals surface area contributed by atoms with E-state index in [1.54, 1.807) is 55.6 Å². The van der Waals surface area contributed by atoms with Crippen LogP contribution in [0.1, 0.15) is 0 Å². The van der Waals surface area contributed by atoms with Crippen molar-refractivity contribution in [3.63, 3.8) is 0 Å². The van der Waals surface area contributed by atoms with Gasteiger partial charge in [0.05, 0.1) is 12.0 Å². The first-order valence-corrected chi connectivity index (χ1v) is 6.54. The Hall–Kier alpha value is -3.15. The Labute approximate surface area is 126 Å². The Balaban J connectivity index is 2.12. The van der Waals surface area contributed by atoms with Gasteiger partial charge in [-0.2, -0.15) is 0 Å². The van der Waals surface area contributed by atoms with Gasteiger partial charge >= 0.3 is 5.69 Å². The molecule has 0 bridgehead atoms. The zero-order valence-electron chi connectivity index (χ0n) is 11.7. The fourth-order valence-electron chi connectivity index (χ4n) is 2.17. The van der Waals surface area contributed by atoms with Crippen molar-refractivity contribution in [3.05, 3.63) is 64.7 Å². The number of nitro groups is 1. The molecule has 0 radical (unpaired) electrons. The first kappa shape index (κ1) is 13.8. The third-order valence-corrected chi connectivity index (χ3v) is 3.25. The molecular formula is C16H12N2O4. The van der Waals surface area contributed by atoms with Crippen LogP contribution in [0.15, 0.2) is 59.1 Å². The molecule has 0 amide bonds. The van der Waals surface area contributed by atoms with Crippen LogP contribution in [0.2, 0.25) is 0 Å². The van der Waals surface area contributed by atoms with E-state index in [1.807, 2.05) is 6.07 Å². The highest BCUT2D eigenvalue weighted by molar-refractivity contribution is 5.80. The van der Waals surface area contributed by atoms with Crippen LogP contribution < -0.4 is 4.74 Å². The zero-order valence-corrected chi connectivity index (χ0v) is 11.7. The molecule has 0 unspecified atom stereocenters. The number of hydrogen-bond donors (Lipinski definition) is 0. The van der Waals surface area contributed by atoms with Crippen molar-refractivity contribution in [2.75, 3.05) is 7.11 Å². The average Bonchev–Trinajstić information content (AvgIpc) is 3.01. The highest BCUT2D eigenvalue weighted by Gasteiger charge is 2.29. The van der Waals surface area contributed by atoms with Gasteiger partial charge < -0.3 is 9.26 Å². The van der Waals surface area contributed by atoms with Gasteiger partial charge in [0.2, 0.25) is 5.76 Å². The summed E-state index contributed by atoms with van der Waals surface area (Å²) < 4.78 is 10.3. The number of nitrogens with zero attached hydrogens (tertiary/aromatic N) is 2. The van der Waals surface area contributed by atoms with Crippen LogP contribution in [0.3, 0.4) is 0 Å². The number of rotatable bonds is 4. The number of aromatic nitrogens is 1. The molecule has 1 aromatic heterocycles. The Bertz CT molecular complexity index is 795. The van der Waals surface area contributed by atoms with E-state index in [1.165, 1.54) is 0 Å². The second-order valence-corrected chi connectivity index (χ2v) is 4.56. The molecule has 3 aromatic rings. The maximum atomic E-state index is 11.5. The smallest absolute Gasteiger partial charge is 0.344 e. The number of benzene rings is 2. The summed E-state index contributed by atoms with van der Waals surface area (Å²) in [5.74, 6) is 0.792. The van der Waals surface area contributed by atoms with Crippen molar-refractivity contribution in [2.45, 2.75) is 0 Å². The molecule has 6 heteroatoms. The second kappa shape index (κ2) is 5.69. The van der Waals surface area contributed by atoms with Crippen LogP contribution in [0.25, 0.3) is 22.6 Å². The van der Waals surface area contributed by atoms with Crippen molar-refractivity contribution in [3.8, 4) is 28.3 Å². The van der Waals surface area contributed by atoms with Gasteiger partial charge in [0.25, 0.3) is 0 Å². The van der Waals surface area contributed by atoms with Crippen molar-refractivity contribution < 1.29 is 14.2 Å². The minimum absolute atomic E-state index is 0.131. The van der Waals surface area contributed by atoms with E-state index in [4.69, 9.17) is 9.26 Å². The van der Waals surface area contributed by atoms with Crippen LogP contribution in [-0.4, -0.2) is 17.2 Å². The zero-order chi connectivity index (χ0) is 15.5. The van der Waals surface area contributed by atoms with Crippen molar-refractivity contribution >= 4 is 5.69 Å². The van der Waals surface area contributed by atoms with Gasteiger partial charge in [-0.15, -0.1) is 0 Å². The molecule has 0 spiro atoms. The standard InChI is InChI=1S/C16H12N2O4/c1-21-13-9-7-12(8-10-13)16-15(18(19)20)14(17-22-16)11-5-3-2-4-6-11/h2-10H,1H3. The molecule has 0 saturated carbocycles. The van der Waals surface area contributed by atoms with Gasteiger partial charge in [0.1, 0.15) is 5.75 Å². The van der Waals surface area contributed by atoms with Gasteiger partial charge in [-0.25, -0.2) is 0 Å². The van der Waals surface area contributed by atoms with Crippen LogP contribution >= 0.6 is 0 Å². The van der Waals surface area contributed by atoms with Crippen molar-refractivity contribution in [1.29, 1.82) is 0 Å². The fourth-order valence-corrected chi connectivity index (χ4v) is 2.17.